The van der Waals surface area contributed by atoms with Crippen molar-refractivity contribution in [3.63, 3.8) is 0 Å². The highest BCUT2D eigenvalue weighted by Crippen LogP contribution is 2.66. The molecule has 84 valence electrons. The molecule has 4 N–H and O–H groups in total. The van der Waals surface area contributed by atoms with Crippen LogP contribution in [0.3, 0.4) is 0 Å². The summed E-state index contributed by atoms with van der Waals surface area (Å²) in [4.78, 5) is 11.7. The van der Waals surface area contributed by atoms with Crippen LogP contribution in [0.5, 0.6) is 0 Å². The Balaban J connectivity index is 1.93. The van der Waals surface area contributed by atoms with Crippen LogP contribution in [-0.4, -0.2) is 24.2 Å². The van der Waals surface area contributed by atoms with Crippen molar-refractivity contribution in [2.45, 2.75) is 36.8 Å². The molecule has 0 amide bonds. The quantitative estimate of drug-likeness (QED) is 0.597. The minimum Gasteiger partial charge on any atom is -0.469 e. The van der Waals surface area contributed by atoms with E-state index < -0.39 is 0 Å². The second kappa shape index (κ2) is 2.55. The summed E-state index contributed by atoms with van der Waals surface area (Å²) in [6, 6.07) is 0. The standard InChI is InChI=1S/C11H18N2O2/c1-15-9(14)6-4-10(12)3-2-7(6)11(13)5-8(10)11/h6-8H,2-5,12-13H2,1H3. The highest BCUT2D eigenvalue weighted by Gasteiger charge is 2.72. The minimum absolute atomic E-state index is 0.0579. The molecule has 0 aromatic carbocycles. The van der Waals surface area contributed by atoms with Gasteiger partial charge in [0.25, 0.3) is 0 Å². The summed E-state index contributed by atoms with van der Waals surface area (Å²) in [5, 5.41) is 0. The highest BCUT2D eigenvalue weighted by molar-refractivity contribution is 5.74. The second-order valence-corrected chi connectivity index (χ2v) is 5.58. The van der Waals surface area contributed by atoms with E-state index in [2.05, 4.69) is 0 Å². The van der Waals surface area contributed by atoms with E-state index in [-0.39, 0.29) is 23.0 Å². The maximum Gasteiger partial charge on any atom is 0.309 e. The fourth-order valence-corrected chi connectivity index (χ4v) is 4.08. The van der Waals surface area contributed by atoms with Gasteiger partial charge in [-0.1, -0.05) is 0 Å². The highest BCUT2D eigenvalue weighted by atomic mass is 16.5. The molecule has 5 atom stereocenters. The van der Waals surface area contributed by atoms with E-state index in [1.807, 2.05) is 0 Å². The van der Waals surface area contributed by atoms with Gasteiger partial charge in [-0.05, 0) is 37.5 Å². The lowest BCUT2D eigenvalue weighted by Crippen LogP contribution is -2.62. The number of carbonyl (C=O) groups excluding carboxylic acids is 1. The Bertz CT molecular complexity index is 333. The van der Waals surface area contributed by atoms with Gasteiger partial charge in [-0.2, -0.15) is 0 Å². The molecule has 4 nitrogen and oxygen atoms in total. The molecule has 2 bridgehead atoms. The minimum atomic E-state index is -0.192. The number of ether oxygens (including phenoxy) is 1. The molecule has 0 aliphatic heterocycles. The number of esters is 1. The van der Waals surface area contributed by atoms with Crippen molar-refractivity contribution in [3.8, 4) is 0 Å². The number of methoxy groups -OCH3 is 1. The molecular formula is C11H18N2O2. The molecule has 5 unspecified atom stereocenters. The van der Waals surface area contributed by atoms with Crippen molar-refractivity contribution < 1.29 is 9.53 Å². The van der Waals surface area contributed by atoms with Crippen LogP contribution in [0, 0.1) is 17.8 Å². The van der Waals surface area contributed by atoms with Gasteiger partial charge in [0.05, 0.1) is 13.0 Å². The van der Waals surface area contributed by atoms with Crippen molar-refractivity contribution in [1.82, 2.24) is 0 Å². The Morgan fingerprint density at radius 1 is 1.40 bits per heavy atom. The molecule has 0 aromatic rings. The topological polar surface area (TPSA) is 78.3 Å². The number of fused-ring (bicyclic) bond motifs is 2. The summed E-state index contributed by atoms with van der Waals surface area (Å²) in [7, 11) is 1.45. The lowest BCUT2D eigenvalue weighted by molar-refractivity contribution is -0.152. The van der Waals surface area contributed by atoms with E-state index in [0.717, 1.165) is 25.7 Å². The fourth-order valence-electron chi connectivity index (χ4n) is 4.08. The largest absolute Gasteiger partial charge is 0.469 e. The van der Waals surface area contributed by atoms with E-state index in [0.29, 0.717) is 11.8 Å². The third kappa shape index (κ3) is 1.01. The third-order valence-corrected chi connectivity index (χ3v) is 4.94. The number of nitrogens with two attached hydrogens (primary N) is 2. The molecule has 0 saturated heterocycles. The van der Waals surface area contributed by atoms with E-state index in [1.54, 1.807) is 0 Å². The Labute approximate surface area is 89.3 Å². The maximum absolute atomic E-state index is 11.7. The maximum atomic E-state index is 11.7. The molecule has 4 rings (SSSR count). The van der Waals surface area contributed by atoms with E-state index in [9.17, 15) is 4.79 Å². The lowest BCUT2D eigenvalue weighted by Gasteiger charge is -2.50. The summed E-state index contributed by atoms with van der Waals surface area (Å²) < 4.78 is 4.85. The summed E-state index contributed by atoms with van der Waals surface area (Å²) in [6.45, 7) is 0. The molecular weight excluding hydrogens is 192 g/mol. The average molecular weight is 210 g/mol. The molecule has 0 spiro atoms. The van der Waals surface area contributed by atoms with Crippen molar-refractivity contribution in [2.24, 2.45) is 29.2 Å². The van der Waals surface area contributed by atoms with Gasteiger partial charge in [0, 0.05) is 11.1 Å². The molecule has 4 saturated carbocycles. The Morgan fingerprint density at radius 3 is 2.73 bits per heavy atom. The molecule has 4 heteroatoms. The van der Waals surface area contributed by atoms with Gasteiger partial charge < -0.3 is 16.2 Å². The van der Waals surface area contributed by atoms with Gasteiger partial charge in [0.2, 0.25) is 0 Å². The molecule has 15 heavy (non-hydrogen) atoms. The van der Waals surface area contributed by atoms with Crippen LogP contribution in [0.4, 0.5) is 0 Å². The number of carbonyl (C=O) groups is 1. The summed E-state index contributed by atoms with van der Waals surface area (Å²) in [6.07, 6.45) is 3.79. The molecule has 4 aliphatic rings. The Hall–Kier alpha value is -0.610. The van der Waals surface area contributed by atoms with Crippen molar-refractivity contribution in [3.05, 3.63) is 0 Å². The van der Waals surface area contributed by atoms with Gasteiger partial charge in [0.1, 0.15) is 0 Å². The monoisotopic (exact) mass is 210 g/mol. The van der Waals surface area contributed by atoms with Crippen LogP contribution >= 0.6 is 0 Å². The first-order valence-corrected chi connectivity index (χ1v) is 5.67. The van der Waals surface area contributed by atoms with Crippen molar-refractivity contribution in [1.29, 1.82) is 0 Å². The summed E-state index contributed by atoms with van der Waals surface area (Å²) in [5.41, 5.74) is 12.3. The van der Waals surface area contributed by atoms with E-state index in [4.69, 9.17) is 16.2 Å². The van der Waals surface area contributed by atoms with Crippen LogP contribution in [0.1, 0.15) is 25.7 Å². The average Bonchev–Trinajstić information content (AvgIpc) is 2.92. The van der Waals surface area contributed by atoms with Gasteiger partial charge >= 0.3 is 5.97 Å². The zero-order chi connectivity index (χ0) is 10.8. The lowest BCUT2D eigenvalue weighted by atomic mass is 9.59. The van der Waals surface area contributed by atoms with E-state index >= 15 is 0 Å². The van der Waals surface area contributed by atoms with Gasteiger partial charge in [-0.3, -0.25) is 4.79 Å². The Kier molecular flexibility index (Phi) is 1.63. The number of rotatable bonds is 1. The smallest absolute Gasteiger partial charge is 0.309 e. The second-order valence-electron chi connectivity index (χ2n) is 5.58. The van der Waals surface area contributed by atoms with Crippen LogP contribution in [-0.2, 0) is 9.53 Å². The van der Waals surface area contributed by atoms with Crippen molar-refractivity contribution >= 4 is 5.97 Å². The molecule has 4 fully saturated rings. The van der Waals surface area contributed by atoms with Crippen LogP contribution in [0.25, 0.3) is 0 Å². The molecule has 4 aliphatic carbocycles. The third-order valence-electron chi connectivity index (χ3n) is 4.94. The first-order chi connectivity index (χ1) is 7.01. The summed E-state index contributed by atoms with van der Waals surface area (Å²) >= 11 is 0. The van der Waals surface area contributed by atoms with Crippen LogP contribution in [0.15, 0.2) is 0 Å². The molecule has 0 aromatic heterocycles. The molecule has 0 heterocycles. The number of hydrogen-bond acceptors (Lipinski definition) is 4. The van der Waals surface area contributed by atoms with Crippen LogP contribution < -0.4 is 11.5 Å². The number of hydrogen-bond donors (Lipinski definition) is 2. The van der Waals surface area contributed by atoms with Crippen LogP contribution in [0.2, 0.25) is 0 Å². The molecule has 0 radical (unpaired) electrons. The fraction of sp³-hybridized carbons (Fsp3) is 0.909. The first-order valence-electron chi connectivity index (χ1n) is 5.67. The van der Waals surface area contributed by atoms with Gasteiger partial charge in [0.15, 0.2) is 0 Å². The zero-order valence-corrected chi connectivity index (χ0v) is 9.03. The first kappa shape index (κ1) is 9.60. The van der Waals surface area contributed by atoms with Gasteiger partial charge in [-0.15, -0.1) is 0 Å². The van der Waals surface area contributed by atoms with Crippen molar-refractivity contribution in [2.75, 3.05) is 7.11 Å². The zero-order valence-electron chi connectivity index (χ0n) is 9.03. The van der Waals surface area contributed by atoms with Gasteiger partial charge in [-0.25, -0.2) is 0 Å². The van der Waals surface area contributed by atoms with E-state index in [1.165, 1.54) is 7.11 Å². The SMILES string of the molecule is COC(=O)C1CC2(N)CCC1C1(N)CC21. The normalized spacial score (nSPS) is 56.1. The predicted molar refractivity (Wildman–Crippen MR) is 54.8 cm³/mol. The Morgan fingerprint density at radius 2 is 2.13 bits per heavy atom. The summed E-state index contributed by atoms with van der Waals surface area (Å²) in [5.74, 6) is 0.576. The predicted octanol–water partition coefficient (Wildman–Crippen LogP) is 0.00420.